The predicted molar refractivity (Wildman–Crippen MR) is 78.0 cm³/mol. The number of hydrogen-bond acceptors (Lipinski definition) is 3. The first-order chi connectivity index (χ1) is 10.2. The van der Waals surface area contributed by atoms with Crippen molar-refractivity contribution in [1.29, 1.82) is 0 Å². The maximum Gasteiger partial charge on any atom is 0.407 e. The molecule has 6 nitrogen and oxygen atoms in total. The second-order valence-electron chi connectivity index (χ2n) is 5.57. The molecule has 2 aromatic heterocycles. The Bertz CT molecular complexity index is 640. The molecule has 1 saturated heterocycles. The van der Waals surface area contributed by atoms with Crippen LogP contribution in [0, 0.1) is 5.92 Å². The molecular weight excluding hydrogens is 270 g/mol. The lowest BCUT2D eigenvalue weighted by Crippen LogP contribution is -2.30. The number of pyridine rings is 1. The van der Waals surface area contributed by atoms with Crippen molar-refractivity contribution < 1.29 is 15.0 Å². The minimum absolute atomic E-state index is 0.0847. The molecule has 0 aliphatic carbocycles. The van der Waals surface area contributed by atoms with Crippen LogP contribution < -0.4 is 0 Å². The van der Waals surface area contributed by atoms with Gasteiger partial charge in [-0.2, -0.15) is 0 Å². The molecule has 0 bridgehead atoms. The summed E-state index contributed by atoms with van der Waals surface area (Å²) in [7, 11) is 0. The van der Waals surface area contributed by atoms with Crippen LogP contribution in [0.25, 0.3) is 10.9 Å². The van der Waals surface area contributed by atoms with Crippen molar-refractivity contribution in [3.05, 3.63) is 30.2 Å². The Morgan fingerprint density at radius 1 is 1.43 bits per heavy atom. The molecular formula is C15H19N3O3. The number of nitrogens with one attached hydrogen (secondary N) is 1. The average molecular weight is 289 g/mol. The van der Waals surface area contributed by atoms with Gasteiger partial charge >= 0.3 is 6.09 Å². The summed E-state index contributed by atoms with van der Waals surface area (Å²) in [6.45, 7) is 1.04. The molecule has 2 atom stereocenters. The third-order valence-electron chi connectivity index (χ3n) is 4.32. The molecule has 21 heavy (non-hydrogen) atoms. The third-order valence-corrected chi connectivity index (χ3v) is 4.32. The number of nitrogens with zero attached hydrogens (tertiary/aromatic N) is 2. The van der Waals surface area contributed by atoms with Crippen LogP contribution in [0.4, 0.5) is 4.79 Å². The maximum atomic E-state index is 11.0. The number of H-pyrrole nitrogens is 1. The lowest BCUT2D eigenvalue weighted by atomic mass is 9.90. The van der Waals surface area contributed by atoms with Crippen molar-refractivity contribution in [2.45, 2.75) is 25.4 Å². The summed E-state index contributed by atoms with van der Waals surface area (Å²) in [4.78, 5) is 19.7. The van der Waals surface area contributed by atoms with Gasteiger partial charge in [-0.1, -0.05) is 0 Å². The number of aliphatic hydroxyl groups excluding tert-OH is 1. The van der Waals surface area contributed by atoms with Gasteiger partial charge in [0.25, 0.3) is 0 Å². The van der Waals surface area contributed by atoms with Gasteiger partial charge in [-0.3, -0.25) is 4.98 Å². The van der Waals surface area contributed by atoms with E-state index in [-0.39, 0.29) is 5.92 Å². The van der Waals surface area contributed by atoms with Crippen molar-refractivity contribution in [2.75, 3.05) is 13.1 Å². The van der Waals surface area contributed by atoms with Gasteiger partial charge in [0.15, 0.2) is 0 Å². The van der Waals surface area contributed by atoms with E-state index >= 15 is 0 Å². The smallest absolute Gasteiger partial charge is 0.407 e. The minimum atomic E-state index is -0.872. The predicted octanol–water partition coefficient (Wildman–Crippen LogP) is 2.38. The zero-order valence-corrected chi connectivity index (χ0v) is 11.7. The Balaban J connectivity index is 1.78. The second-order valence-corrected chi connectivity index (χ2v) is 5.57. The lowest BCUT2D eigenvalue weighted by Gasteiger charge is -2.21. The van der Waals surface area contributed by atoms with Crippen LogP contribution in [0.15, 0.2) is 24.7 Å². The third kappa shape index (κ3) is 2.71. The minimum Gasteiger partial charge on any atom is -0.465 e. The topological polar surface area (TPSA) is 89.5 Å². The fraction of sp³-hybridized carbons (Fsp3) is 0.467. The zero-order chi connectivity index (χ0) is 14.8. The van der Waals surface area contributed by atoms with E-state index in [4.69, 9.17) is 5.11 Å². The number of aromatic amines is 1. The highest BCUT2D eigenvalue weighted by atomic mass is 16.4. The second kappa shape index (κ2) is 5.73. The Hall–Kier alpha value is -2.08. The highest BCUT2D eigenvalue weighted by molar-refractivity contribution is 5.82. The highest BCUT2D eigenvalue weighted by Crippen LogP contribution is 2.34. The van der Waals surface area contributed by atoms with E-state index in [0.717, 1.165) is 29.3 Å². The van der Waals surface area contributed by atoms with Crippen molar-refractivity contribution in [1.82, 2.24) is 14.9 Å². The molecule has 3 N–H and O–H groups in total. The molecule has 1 aliphatic heterocycles. The summed E-state index contributed by atoms with van der Waals surface area (Å²) in [6, 6.07) is 1.89. The number of aliphatic hydroxyl groups is 1. The molecule has 112 valence electrons. The Morgan fingerprint density at radius 2 is 2.29 bits per heavy atom. The number of likely N-dealkylation sites (tertiary alicyclic amines) is 1. The van der Waals surface area contributed by atoms with Gasteiger partial charge in [-0.05, 0) is 31.2 Å². The molecule has 3 heterocycles. The molecule has 1 amide bonds. The van der Waals surface area contributed by atoms with Gasteiger partial charge in [0.2, 0.25) is 0 Å². The Morgan fingerprint density at radius 3 is 3.10 bits per heavy atom. The molecule has 0 radical (unpaired) electrons. The van der Waals surface area contributed by atoms with Crippen LogP contribution in [0.2, 0.25) is 0 Å². The number of carbonyl (C=O) groups is 1. The van der Waals surface area contributed by atoms with Crippen LogP contribution in [-0.4, -0.2) is 44.3 Å². The summed E-state index contributed by atoms with van der Waals surface area (Å²) >= 11 is 0. The van der Waals surface area contributed by atoms with Crippen molar-refractivity contribution in [3.63, 3.8) is 0 Å². The number of aromatic nitrogens is 2. The van der Waals surface area contributed by atoms with Crippen LogP contribution in [-0.2, 0) is 0 Å². The van der Waals surface area contributed by atoms with Crippen LogP contribution in [0.3, 0.4) is 0 Å². The van der Waals surface area contributed by atoms with E-state index in [2.05, 4.69) is 9.97 Å². The van der Waals surface area contributed by atoms with E-state index in [1.165, 1.54) is 4.90 Å². The van der Waals surface area contributed by atoms with Gasteiger partial charge in [0.1, 0.15) is 0 Å². The molecule has 1 aliphatic rings. The molecule has 1 fully saturated rings. The Labute approximate surface area is 122 Å². The summed E-state index contributed by atoms with van der Waals surface area (Å²) in [5.74, 6) is 0.0847. The fourth-order valence-corrected chi connectivity index (χ4v) is 3.12. The molecule has 6 heteroatoms. The number of fused-ring (bicyclic) bond motifs is 1. The van der Waals surface area contributed by atoms with Crippen LogP contribution in [0.1, 0.15) is 30.9 Å². The maximum absolute atomic E-state index is 11.0. The fourth-order valence-electron chi connectivity index (χ4n) is 3.12. The monoisotopic (exact) mass is 289 g/mol. The molecule has 0 aromatic carbocycles. The summed E-state index contributed by atoms with van der Waals surface area (Å²) in [5, 5.41) is 20.7. The van der Waals surface area contributed by atoms with Gasteiger partial charge in [-0.25, -0.2) is 4.79 Å². The standard InChI is InChI=1S/C15H19N3O3/c19-14(10-2-1-6-18(7-4-10)15(20)21)12-8-17-13-9-16-5-3-11(12)13/h3,5,8-10,14,17,19H,1-2,4,6-7H2,(H,20,21). The highest BCUT2D eigenvalue weighted by Gasteiger charge is 2.27. The first-order valence-electron chi connectivity index (χ1n) is 7.23. The van der Waals surface area contributed by atoms with Gasteiger partial charge in [0.05, 0.1) is 17.8 Å². The van der Waals surface area contributed by atoms with Crippen LogP contribution in [0.5, 0.6) is 0 Å². The molecule has 0 spiro atoms. The zero-order valence-electron chi connectivity index (χ0n) is 11.7. The Kier molecular flexibility index (Phi) is 3.79. The first kappa shape index (κ1) is 13.9. The normalized spacial score (nSPS) is 21.2. The van der Waals surface area contributed by atoms with E-state index < -0.39 is 12.2 Å². The lowest BCUT2D eigenvalue weighted by molar-refractivity contribution is 0.0987. The average Bonchev–Trinajstić information content (AvgIpc) is 2.75. The van der Waals surface area contributed by atoms with E-state index in [9.17, 15) is 9.90 Å². The summed E-state index contributed by atoms with van der Waals surface area (Å²) in [6.07, 6.45) is 6.15. The van der Waals surface area contributed by atoms with Gasteiger partial charge in [-0.15, -0.1) is 0 Å². The van der Waals surface area contributed by atoms with Crippen molar-refractivity contribution in [2.24, 2.45) is 5.92 Å². The SMILES string of the molecule is O=C(O)N1CCCC(C(O)c2c[nH]c3cnccc23)CC1. The van der Waals surface area contributed by atoms with Crippen molar-refractivity contribution >= 4 is 17.0 Å². The molecule has 0 saturated carbocycles. The van der Waals surface area contributed by atoms with E-state index in [0.29, 0.717) is 19.5 Å². The number of rotatable bonds is 2. The molecule has 2 unspecified atom stereocenters. The van der Waals surface area contributed by atoms with Crippen molar-refractivity contribution in [3.8, 4) is 0 Å². The number of carboxylic acid groups (broad SMARTS) is 1. The largest absolute Gasteiger partial charge is 0.465 e. The quantitative estimate of drug-likeness (QED) is 0.791. The molecule has 3 rings (SSSR count). The number of amides is 1. The number of hydrogen-bond donors (Lipinski definition) is 3. The first-order valence-corrected chi connectivity index (χ1v) is 7.23. The molecule has 2 aromatic rings. The van der Waals surface area contributed by atoms with Crippen LogP contribution >= 0.6 is 0 Å². The van der Waals surface area contributed by atoms with Gasteiger partial charge < -0.3 is 20.1 Å². The van der Waals surface area contributed by atoms with E-state index in [1.54, 1.807) is 12.4 Å². The summed E-state index contributed by atoms with van der Waals surface area (Å²) in [5.41, 5.74) is 1.79. The summed E-state index contributed by atoms with van der Waals surface area (Å²) < 4.78 is 0. The van der Waals surface area contributed by atoms with Gasteiger partial charge in [0, 0.05) is 36.4 Å². The van der Waals surface area contributed by atoms with E-state index in [1.807, 2.05) is 12.3 Å².